The molecule has 0 radical (unpaired) electrons. The fourth-order valence-electron chi connectivity index (χ4n) is 2.63. The lowest BCUT2D eigenvalue weighted by Crippen LogP contribution is -2.38. The van der Waals surface area contributed by atoms with Crippen LogP contribution in [0.5, 0.6) is 0 Å². The van der Waals surface area contributed by atoms with Crippen molar-refractivity contribution in [2.75, 3.05) is 17.1 Å². The molecule has 0 heterocycles. The van der Waals surface area contributed by atoms with Gasteiger partial charge in [-0.15, -0.1) is 0 Å². The Morgan fingerprint density at radius 2 is 1.71 bits per heavy atom. The molecular formula is C18H30N2O3S. The number of nitrogens with zero attached hydrogens (tertiary/aromatic N) is 1. The van der Waals surface area contributed by atoms with E-state index in [-0.39, 0.29) is 24.9 Å². The third-order valence-corrected chi connectivity index (χ3v) is 5.34. The summed E-state index contributed by atoms with van der Waals surface area (Å²) in [6.07, 6.45) is 3.69. The van der Waals surface area contributed by atoms with Crippen LogP contribution in [0.15, 0.2) is 18.2 Å². The molecule has 1 N–H and O–H groups in total. The van der Waals surface area contributed by atoms with Crippen LogP contribution in [0.2, 0.25) is 0 Å². The molecule has 0 saturated heterocycles. The van der Waals surface area contributed by atoms with Crippen molar-refractivity contribution in [3.63, 3.8) is 0 Å². The number of carbonyl (C=O) groups is 1. The summed E-state index contributed by atoms with van der Waals surface area (Å²) >= 11 is 0. The quantitative estimate of drug-likeness (QED) is 0.741. The fourth-order valence-corrected chi connectivity index (χ4v) is 3.62. The number of carbonyl (C=O) groups excluding carboxylic acids is 1. The topological polar surface area (TPSA) is 66.5 Å². The van der Waals surface area contributed by atoms with Crippen LogP contribution in [0, 0.1) is 0 Å². The lowest BCUT2D eigenvalue weighted by atomic mass is 10.0. The maximum absolute atomic E-state index is 12.4. The first kappa shape index (κ1) is 20.5. The van der Waals surface area contributed by atoms with E-state index in [9.17, 15) is 13.2 Å². The average molecular weight is 355 g/mol. The van der Waals surface area contributed by atoms with Gasteiger partial charge in [0.25, 0.3) is 0 Å². The van der Waals surface area contributed by atoms with E-state index >= 15 is 0 Å². The van der Waals surface area contributed by atoms with Gasteiger partial charge in [-0.2, -0.15) is 0 Å². The summed E-state index contributed by atoms with van der Waals surface area (Å²) in [6.45, 7) is 8.11. The minimum absolute atomic E-state index is 0.0957. The SMILES string of the molecule is CCc1cccc(CC)c1N(CCC(=O)NC(C)CC)S(C)(=O)=O. The highest BCUT2D eigenvalue weighted by Gasteiger charge is 2.23. The number of hydrogen-bond acceptors (Lipinski definition) is 3. The Bertz CT molecular complexity index is 634. The molecular weight excluding hydrogens is 324 g/mol. The molecule has 0 fully saturated rings. The van der Waals surface area contributed by atoms with Crippen LogP contribution in [0.3, 0.4) is 0 Å². The van der Waals surface area contributed by atoms with Crippen molar-refractivity contribution < 1.29 is 13.2 Å². The van der Waals surface area contributed by atoms with Gasteiger partial charge in [0, 0.05) is 19.0 Å². The Hall–Kier alpha value is -1.56. The molecule has 5 nitrogen and oxygen atoms in total. The van der Waals surface area contributed by atoms with Gasteiger partial charge in [0.2, 0.25) is 15.9 Å². The van der Waals surface area contributed by atoms with E-state index in [0.29, 0.717) is 0 Å². The van der Waals surface area contributed by atoms with Crippen LogP contribution < -0.4 is 9.62 Å². The first-order chi connectivity index (χ1) is 11.2. The predicted molar refractivity (Wildman–Crippen MR) is 99.9 cm³/mol. The Labute approximate surface area is 146 Å². The molecule has 1 atom stereocenters. The highest BCUT2D eigenvalue weighted by Crippen LogP contribution is 2.29. The van der Waals surface area contributed by atoms with Gasteiger partial charge >= 0.3 is 0 Å². The zero-order chi connectivity index (χ0) is 18.3. The number of rotatable bonds is 9. The molecule has 6 heteroatoms. The number of aryl methyl sites for hydroxylation is 2. The summed E-state index contributed by atoms with van der Waals surface area (Å²) in [7, 11) is -3.46. The first-order valence-corrected chi connectivity index (χ1v) is 10.5. The van der Waals surface area contributed by atoms with Gasteiger partial charge in [-0.1, -0.05) is 39.0 Å². The average Bonchev–Trinajstić information content (AvgIpc) is 2.53. The van der Waals surface area contributed by atoms with Crippen molar-refractivity contribution in [3.8, 4) is 0 Å². The molecule has 0 aliphatic heterocycles. The summed E-state index contributed by atoms with van der Waals surface area (Å²) < 4.78 is 26.1. The second-order valence-corrected chi connectivity index (χ2v) is 8.00. The summed E-state index contributed by atoms with van der Waals surface area (Å²) in [5, 5.41) is 2.88. The number of para-hydroxylation sites is 1. The Kier molecular flexibility index (Phi) is 7.73. The van der Waals surface area contributed by atoms with Gasteiger partial charge in [-0.25, -0.2) is 8.42 Å². The van der Waals surface area contributed by atoms with Crippen molar-refractivity contribution in [2.24, 2.45) is 0 Å². The van der Waals surface area contributed by atoms with Crippen molar-refractivity contribution in [2.45, 2.75) is 59.4 Å². The summed E-state index contributed by atoms with van der Waals surface area (Å²) in [5.41, 5.74) is 2.71. The zero-order valence-electron chi connectivity index (χ0n) is 15.4. The van der Waals surface area contributed by atoms with E-state index in [1.807, 2.05) is 45.9 Å². The molecule has 136 valence electrons. The number of amides is 1. The molecule has 0 spiro atoms. The third kappa shape index (κ3) is 5.51. The number of nitrogens with one attached hydrogen (secondary N) is 1. The van der Waals surface area contributed by atoms with Gasteiger partial charge in [0.1, 0.15) is 0 Å². The molecule has 1 aromatic carbocycles. The van der Waals surface area contributed by atoms with E-state index in [0.717, 1.165) is 36.1 Å². The number of anilines is 1. The molecule has 1 amide bonds. The first-order valence-electron chi connectivity index (χ1n) is 8.62. The van der Waals surface area contributed by atoms with Crippen LogP contribution in [-0.2, 0) is 27.7 Å². The number of hydrogen-bond donors (Lipinski definition) is 1. The molecule has 0 aromatic heterocycles. The van der Waals surface area contributed by atoms with E-state index in [4.69, 9.17) is 0 Å². The van der Waals surface area contributed by atoms with E-state index in [2.05, 4.69) is 5.32 Å². The van der Waals surface area contributed by atoms with Crippen LogP contribution in [0.4, 0.5) is 5.69 Å². The zero-order valence-corrected chi connectivity index (χ0v) is 16.2. The monoisotopic (exact) mass is 354 g/mol. The standard InChI is InChI=1S/C18H30N2O3S/c1-6-14(4)19-17(21)12-13-20(24(5,22)23)18-15(7-2)10-9-11-16(18)8-3/h9-11,14H,6-8,12-13H2,1-5H3,(H,19,21). The van der Waals surface area contributed by atoms with Gasteiger partial charge < -0.3 is 5.32 Å². The van der Waals surface area contributed by atoms with Crippen molar-refractivity contribution >= 4 is 21.6 Å². The Morgan fingerprint density at radius 3 is 2.12 bits per heavy atom. The van der Waals surface area contributed by atoms with Crippen LogP contribution in [-0.4, -0.2) is 33.2 Å². The normalized spacial score (nSPS) is 12.7. The van der Waals surface area contributed by atoms with Crippen LogP contribution >= 0.6 is 0 Å². The third-order valence-electron chi connectivity index (χ3n) is 4.18. The molecule has 0 aliphatic carbocycles. The lowest BCUT2D eigenvalue weighted by molar-refractivity contribution is -0.121. The number of sulfonamides is 1. The molecule has 0 saturated carbocycles. The summed E-state index contributed by atoms with van der Waals surface area (Å²) in [5.74, 6) is -0.120. The molecule has 1 rings (SSSR count). The summed E-state index contributed by atoms with van der Waals surface area (Å²) in [4.78, 5) is 12.1. The largest absolute Gasteiger partial charge is 0.354 e. The minimum Gasteiger partial charge on any atom is -0.354 e. The van der Waals surface area contributed by atoms with Gasteiger partial charge in [-0.05, 0) is 37.3 Å². The molecule has 1 aromatic rings. The minimum atomic E-state index is -3.46. The second-order valence-electron chi connectivity index (χ2n) is 6.09. The Morgan fingerprint density at radius 1 is 1.17 bits per heavy atom. The molecule has 24 heavy (non-hydrogen) atoms. The smallest absolute Gasteiger partial charge is 0.232 e. The maximum Gasteiger partial charge on any atom is 0.232 e. The molecule has 1 unspecified atom stereocenters. The van der Waals surface area contributed by atoms with Crippen LogP contribution in [0.25, 0.3) is 0 Å². The van der Waals surface area contributed by atoms with Crippen LogP contribution in [0.1, 0.15) is 51.7 Å². The highest BCUT2D eigenvalue weighted by atomic mass is 32.2. The Balaban J connectivity index is 3.11. The predicted octanol–water partition coefficient (Wildman–Crippen LogP) is 2.88. The van der Waals surface area contributed by atoms with Gasteiger partial charge in [0.05, 0.1) is 11.9 Å². The van der Waals surface area contributed by atoms with E-state index in [1.54, 1.807) is 0 Å². The van der Waals surface area contributed by atoms with E-state index < -0.39 is 10.0 Å². The van der Waals surface area contributed by atoms with Gasteiger partial charge in [0.15, 0.2) is 0 Å². The summed E-state index contributed by atoms with van der Waals surface area (Å²) in [6, 6.07) is 5.95. The van der Waals surface area contributed by atoms with Crippen molar-refractivity contribution in [3.05, 3.63) is 29.3 Å². The fraction of sp³-hybridized carbons (Fsp3) is 0.611. The maximum atomic E-state index is 12.4. The number of benzene rings is 1. The molecule has 0 bridgehead atoms. The van der Waals surface area contributed by atoms with Gasteiger partial charge in [-0.3, -0.25) is 9.10 Å². The van der Waals surface area contributed by atoms with Crippen molar-refractivity contribution in [1.29, 1.82) is 0 Å². The van der Waals surface area contributed by atoms with E-state index in [1.165, 1.54) is 10.6 Å². The molecule has 0 aliphatic rings. The highest BCUT2D eigenvalue weighted by molar-refractivity contribution is 7.92. The second kappa shape index (κ2) is 9.06. The van der Waals surface area contributed by atoms with Crippen molar-refractivity contribution in [1.82, 2.24) is 5.32 Å². The lowest BCUT2D eigenvalue weighted by Gasteiger charge is -2.27.